The van der Waals surface area contributed by atoms with Crippen molar-refractivity contribution in [3.05, 3.63) is 23.7 Å². The summed E-state index contributed by atoms with van der Waals surface area (Å²) < 4.78 is 5.23. The molecule has 1 aliphatic heterocycles. The number of carbonyl (C=O) groups excluding carboxylic acids is 2. The Labute approximate surface area is 98.7 Å². The van der Waals surface area contributed by atoms with E-state index in [0.717, 1.165) is 12.8 Å². The summed E-state index contributed by atoms with van der Waals surface area (Å²) in [6.45, 7) is 1.04. The molecule has 92 valence electrons. The Morgan fingerprint density at radius 2 is 2.35 bits per heavy atom. The average Bonchev–Trinajstić information content (AvgIpc) is 2.79. The largest absolute Gasteiger partial charge is 0.467 e. The molecule has 17 heavy (non-hydrogen) atoms. The van der Waals surface area contributed by atoms with E-state index in [9.17, 15) is 9.59 Å². The zero-order chi connectivity index (χ0) is 12.3. The number of furan rings is 1. The first-order valence-electron chi connectivity index (χ1n) is 5.57. The molecule has 0 bridgehead atoms. The number of hydrogen-bond acceptors (Lipinski definition) is 4. The van der Waals surface area contributed by atoms with Crippen LogP contribution in [0.15, 0.2) is 16.7 Å². The van der Waals surface area contributed by atoms with Gasteiger partial charge in [0, 0.05) is 13.0 Å². The third-order valence-electron chi connectivity index (χ3n) is 2.88. The Balaban J connectivity index is 2.10. The van der Waals surface area contributed by atoms with Crippen LogP contribution in [0.5, 0.6) is 0 Å². The van der Waals surface area contributed by atoms with E-state index in [0.29, 0.717) is 30.8 Å². The van der Waals surface area contributed by atoms with Crippen molar-refractivity contribution in [2.75, 3.05) is 6.54 Å². The molecule has 0 atom stereocenters. The Bertz CT molecular complexity index is 427. The van der Waals surface area contributed by atoms with Crippen LogP contribution in [0, 0.1) is 0 Å². The summed E-state index contributed by atoms with van der Waals surface area (Å²) >= 11 is 0. The lowest BCUT2D eigenvalue weighted by Gasteiger charge is -2.25. The second-order valence-corrected chi connectivity index (χ2v) is 4.00. The zero-order valence-electron chi connectivity index (χ0n) is 9.44. The number of piperidine rings is 1. The van der Waals surface area contributed by atoms with E-state index in [1.54, 1.807) is 11.0 Å². The summed E-state index contributed by atoms with van der Waals surface area (Å²) in [7, 11) is 0. The maximum Gasteiger partial charge on any atom is 0.268 e. The number of carbonyl (C=O) groups is 2. The number of rotatable bonds is 3. The molecule has 1 aromatic rings. The number of hydrazine groups is 1. The van der Waals surface area contributed by atoms with Crippen molar-refractivity contribution in [2.24, 2.45) is 5.84 Å². The number of nitrogen functional groups attached to an aromatic ring is 1. The SMILES string of the molecule is NNC(=O)c1ccoc1CN1CCCCC1=O. The maximum atomic E-state index is 11.6. The predicted molar refractivity (Wildman–Crippen MR) is 59.6 cm³/mol. The molecule has 2 rings (SSSR count). The van der Waals surface area contributed by atoms with E-state index in [1.807, 2.05) is 0 Å². The summed E-state index contributed by atoms with van der Waals surface area (Å²) in [4.78, 5) is 24.8. The number of nitrogens with one attached hydrogen (secondary N) is 1. The minimum Gasteiger partial charge on any atom is -0.467 e. The van der Waals surface area contributed by atoms with Crippen molar-refractivity contribution >= 4 is 11.8 Å². The van der Waals surface area contributed by atoms with Crippen LogP contribution in [-0.4, -0.2) is 23.3 Å². The highest BCUT2D eigenvalue weighted by molar-refractivity contribution is 5.94. The monoisotopic (exact) mass is 237 g/mol. The third-order valence-corrected chi connectivity index (χ3v) is 2.88. The average molecular weight is 237 g/mol. The van der Waals surface area contributed by atoms with E-state index >= 15 is 0 Å². The van der Waals surface area contributed by atoms with Crippen LogP contribution in [0.4, 0.5) is 0 Å². The summed E-state index contributed by atoms with van der Waals surface area (Å²) in [5.41, 5.74) is 2.43. The first-order chi connectivity index (χ1) is 8.22. The number of nitrogens with zero attached hydrogens (tertiary/aromatic N) is 1. The molecule has 1 aliphatic rings. The van der Waals surface area contributed by atoms with Crippen LogP contribution >= 0.6 is 0 Å². The Hall–Kier alpha value is -1.82. The van der Waals surface area contributed by atoms with E-state index < -0.39 is 5.91 Å². The smallest absolute Gasteiger partial charge is 0.268 e. The molecule has 1 fully saturated rings. The molecule has 2 heterocycles. The summed E-state index contributed by atoms with van der Waals surface area (Å²) in [5, 5.41) is 0. The molecular formula is C11H15N3O3. The summed E-state index contributed by atoms with van der Waals surface area (Å²) in [6.07, 6.45) is 3.92. The van der Waals surface area contributed by atoms with Crippen molar-refractivity contribution in [2.45, 2.75) is 25.8 Å². The molecule has 1 aromatic heterocycles. The molecule has 2 amide bonds. The Kier molecular flexibility index (Phi) is 3.43. The minimum absolute atomic E-state index is 0.103. The van der Waals surface area contributed by atoms with E-state index in [-0.39, 0.29) is 5.91 Å². The van der Waals surface area contributed by atoms with Gasteiger partial charge in [-0.05, 0) is 18.9 Å². The summed E-state index contributed by atoms with van der Waals surface area (Å²) in [6, 6.07) is 1.55. The van der Waals surface area contributed by atoms with Crippen LogP contribution in [0.2, 0.25) is 0 Å². The predicted octanol–water partition coefficient (Wildman–Crippen LogP) is 0.396. The van der Waals surface area contributed by atoms with Crippen LogP contribution in [0.3, 0.4) is 0 Å². The zero-order valence-corrected chi connectivity index (χ0v) is 9.44. The fourth-order valence-electron chi connectivity index (χ4n) is 1.95. The first-order valence-corrected chi connectivity index (χ1v) is 5.57. The van der Waals surface area contributed by atoms with Gasteiger partial charge in [-0.25, -0.2) is 5.84 Å². The Morgan fingerprint density at radius 1 is 1.53 bits per heavy atom. The van der Waals surface area contributed by atoms with Crippen LogP contribution in [0.1, 0.15) is 35.4 Å². The highest BCUT2D eigenvalue weighted by Crippen LogP contribution is 2.17. The van der Waals surface area contributed by atoms with Crippen LogP contribution in [-0.2, 0) is 11.3 Å². The topological polar surface area (TPSA) is 88.6 Å². The van der Waals surface area contributed by atoms with E-state index in [1.165, 1.54) is 6.26 Å². The Morgan fingerprint density at radius 3 is 3.06 bits per heavy atom. The molecule has 6 nitrogen and oxygen atoms in total. The van der Waals surface area contributed by atoms with Crippen molar-refractivity contribution in [1.29, 1.82) is 0 Å². The molecular weight excluding hydrogens is 222 g/mol. The van der Waals surface area contributed by atoms with Gasteiger partial charge in [-0.3, -0.25) is 15.0 Å². The van der Waals surface area contributed by atoms with Crippen LogP contribution in [0.25, 0.3) is 0 Å². The fourth-order valence-corrected chi connectivity index (χ4v) is 1.95. The fraction of sp³-hybridized carbons (Fsp3) is 0.455. The van der Waals surface area contributed by atoms with E-state index in [4.69, 9.17) is 10.3 Å². The molecule has 1 saturated heterocycles. The number of amides is 2. The van der Waals surface area contributed by atoms with Gasteiger partial charge in [0.1, 0.15) is 5.76 Å². The van der Waals surface area contributed by atoms with Crippen molar-refractivity contribution in [3.8, 4) is 0 Å². The maximum absolute atomic E-state index is 11.6. The molecule has 0 radical (unpaired) electrons. The normalized spacial score (nSPS) is 16.1. The van der Waals surface area contributed by atoms with Gasteiger partial charge >= 0.3 is 0 Å². The van der Waals surface area contributed by atoms with Gasteiger partial charge in [0.15, 0.2) is 0 Å². The first kappa shape index (κ1) is 11.7. The van der Waals surface area contributed by atoms with Gasteiger partial charge in [-0.2, -0.15) is 0 Å². The number of hydrogen-bond donors (Lipinski definition) is 2. The van der Waals surface area contributed by atoms with Crippen molar-refractivity contribution in [1.82, 2.24) is 10.3 Å². The van der Waals surface area contributed by atoms with Crippen molar-refractivity contribution < 1.29 is 14.0 Å². The van der Waals surface area contributed by atoms with Gasteiger partial charge in [0.25, 0.3) is 5.91 Å². The lowest BCUT2D eigenvalue weighted by atomic mass is 10.1. The molecule has 0 saturated carbocycles. The number of likely N-dealkylation sites (tertiary alicyclic amines) is 1. The van der Waals surface area contributed by atoms with Crippen molar-refractivity contribution in [3.63, 3.8) is 0 Å². The number of nitrogens with two attached hydrogens (primary N) is 1. The quantitative estimate of drug-likeness (QED) is 0.452. The third kappa shape index (κ3) is 2.47. The molecule has 0 spiro atoms. The standard InChI is InChI=1S/C11H15N3O3/c12-13-11(16)8-4-6-17-9(8)7-14-5-2-1-3-10(14)15/h4,6H,1-3,5,7,12H2,(H,13,16). The molecule has 6 heteroatoms. The van der Waals surface area contributed by atoms with Gasteiger partial charge in [0.05, 0.1) is 18.4 Å². The molecule has 0 unspecified atom stereocenters. The molecule has 3 N–H and O–H groups in total. The van der Waals surface area contributed by atoms with Gasteiger partial charge in [-0.15, -0.1) is 0 Å². The van der Waals surface area contributed by atoms with Gasteiger partial charge in [-0.1, -0.05) is 0 Å². The minimum atomic E-state index is -0.404. The van der Waals surface area contributed by atoms with Gasteiger partial charge in [0.2, 0.25) is 5.91 Å². The lowest BCUT2D eigenvalue weighted by molar-refractivity contribution is -0.134. The molecule has 0 aliphatic carbocycles. The van der Waals surface area contributed by atoms with Crippen LogP contribution < -0.4 is 11.3 Å². The second-order valence-electron chi connectivity index (χ2n) is 4.00. The van der Waals surface area contributed by atoms with E-state index in [2.05, 4.69) is 5.43 Å². The summed E-state index contributed by atoms with van der Waals surface area (Å²) in [5.74, 6) is 5.25. The highest BCUT2D eigenvalue weighted by Gasteiger charge is 2.22. The lowest BCUT2D eigenvalue weighted by Crippen LogP contribution is -2.36. The highest BCUT2D eigenvalue weighted by atomic mass is 16.3. The van der Waals surface area contributed by atoms with Gasteiger partial charge < -0.3 is 9.32 Å². The molecule has 0 aromatic carbocycles. The second kappa shape index (κ2) is 5.01.